The number of nitrogens with one attached hydrogen (secondary N) is 2. The van der Waals surface area contributed by atoms with Crippen molar-refractivity contribution in [3.63, 3.8) is 0 Å². The SMILES string of the molecule is O=C(Nc1ccc(C(=O)O)cc1)/C(=C\C=C\c1ccccc1)NC(=O)c1cccc(Br)c1. The molecule has 0 aliphatic rings. The third-order valence-corrected chi connectivity index (χ3v) is 4.81. The number of rotatable bonds is 7. The van der Waals surface area contributed by atoms with E-state index in [1.807, 2.05) is 30.3 Å². The number of hydrogen-bond acceptors (Lipinski definition) is 3. The van der Waals surface area contributed by atoms with Gasteiger partial charge in [0.2, 0.25) is 0 Å². The fourth-order valence-electron chi connectivity index (χ4n) is 2.71. The third kappa shape index (κ3) is 6.52. The van der Waals surface area contributed by atoms with E-state index >= 15 is 0 Å². The van der Waals surface area contributed by atoms with Gasteiger partial charge in [0.25, 0.3) is 11.8 Å². The van der Waals surface area contributed by atoms with Crippen LogP contribution in [0.2, 0.25) is 0 Å². The first-order valence-corrected chi connectivity index (χ1v) is 10.4. The summed E-state index contributed by atoms with van der Waals surface area (Å²) in [5.74, 6) is -2.05. The highest BCUT2D eigenvalue weighted by Gasteiger charge is 2.15. The maximum Gasteiger partial charge on any atom is 0.335 e. The minimum Gasteiger partial charge on any atom is -0.478 e. The first-order valence-electron chi connectivity index (χ1n) is 9.57. The van der Waals surface area contributed by atoms with Gasteiger partial charge in [-0.05, 0) is 54.1 Å². The molecule has 0 fully saturated rings. The van der Waals surface area contributed by atoms with Crippen molar-refractivity contribution >= 4 is 45.5 Å². The lowest BCUT2D eigenvalue weighted by Gasteiger charge is -2.11. The zero-order valence-electron chi connectivity index (χ0n) is 16.8. The molecule has 0 bridgehead atoms. The fourth-order valence-corrected chi connectivity index (χ4v) is 3.11. The quantitative estimate of drug-likeness (QED) is 0.316. The van der Waals surface area contributed by atoms with Crippen molar-refractivity contribution in [3.8, 4) is 0 Å². The van der Waals surface area contributed by atoms with Crippen LogP contribution in [-0.4, -0.2) is 22.9 Å². The van der Waals surface area contributed by atoms with Crippen LogP contribution >= 0.6 is 15.9 Å². The number of carbonyl (C=O) groups excluding carboxylic acids is 2. The smallest absolute Gasteiger partial charge is 0.335 e. The maximum atomic E-state index is 12.9. The van der Waals surface area contributed by atoms with Gasteiger partial charge in [-0.25, -0.2) is 4.79 Å². The second kappa shape index (κ2) is 10.9. The van der Waals surface area contributed by atoms with Gasteiger partial charge < -0.3 is 15.7 Å². The monoisotopic (exact) mass is 490 g/mol. The molecule has 2 amide bonds. The Morgan fingerprint density at radius 3 is 2.22 bits per heavy atom. The Morgan fingerprint density at radius 1 is 0.844 bits per heavy atom. The summed E-state index contributed by atoms with van der Waals surface area (Å²) in [6.07, 6.45) is 4.98. The average Bonchev–Trinajstić information content (AvgIpc) is 2.79. The minimum absolute atomic E-state index is 0.0319. The Balaban J connectivity index is 1.82. The van der Waals surface area contributed by atoms with Crippen LogP contribution < -0.4 is 10.6 Å². The van der Waals surface area contributed by atoms with E-state index in [9.17, 15) is 14.4 Å². The third-order valence-electron chi connectivity index (χ3n) is 4.32. The summed E-state index contributed by atoms with van der Waals surface area (Å²) in [5, 5.41) is 14.3. The first-order chi connectivity index (χ1) is 15.4. The summed E-state index contributed by atoms with van der Waals surface area (Å²) in [6.45, 7) is 0. The summed E-state index contributed by atoms with van der Waals surface area (Å²) >= 11 is 3.33. The normalized spacial score (nSPS) is 11.2. The number of amides is 2. The molecule has 3 aromatic rings. The van der Waals surface area contributed by atoms with Crippen LogP contribution in [0.25, 0.3) is 6.08 Å². The van der Waals surface area contributed by atoms with E-state index in [0.717, 1.165) is 10.0 Å². The van der Waals surface area contributed by atoms with Crippen LogP contribution in [0.3, 0.4) is 0 Å². The lowest BCUT2D eigenvalue weighted by molar-refractivity contribution is -0.113. The van der Waals surface area contributed by atoms with Gasteiger partial charge in [0.05, 0.1) is 5.56 Å². The molecule has 6 nitrogen and oxygen atoms in total. The fraction of sp³-hybridized carbons (Fsp3) is 0. The molecule has 0 heterocycles. The average molecular weight is 491 g/mol. The molecule has 0 atom stereocenters. The lowest BCUT2D eigenvalue weighted by atomic mass is 10.2. The van der Waals surface area contributed by atoms with Crippen LogP contribution in [0.15, 0.2) is 101 Å². The summed E-state index contributed by atoms with van der Waals surface area (Å²) in [7, 11) is 0. The Hall–Kier alpha value is -3.97. The van der Waals surface area contributed by atoms with Crippen molar-refractivity contribution in [3.05, 3.63) is 118 Å². The largest absolute Gasteiger partial charge is 0.478 e. The predicted octanol–water partition coefficient (Wildman–Crippen LogP) is 5.11. The van der Waals surface area contributed by atoms with Crippen LogP contribution in [0, 0.1) is 0 Å². The number of allylic oxidation sites excluding steroid dienone is 2. The second-order valence-corrected chi connectivity index (χ2v) is 7.57. The molecular weight excluding hydrogens is 472 g/mol. The number of carboxylic acid groups (broad SMARTS) is 1. The molecule has 0 unspecified atom stereocenters. The number of halogens is 1. The lowest BCUT2D eigenvalue weighted by Crippen LogP contribution is -2.30. The number of carboxylic acids is 1. The van der Waals surface area contributed by atoms with Crippen LogP contribution in [0.1, 0.15) is 26.3 Å². The Kier molecular flexibility index (Phi) is 7.72. The maximum absolute atomic E-state index is 12.9. The topological polar surface area (TPSA) is 95.5 Å². The van der Waals surface area contributed by atoms with Crippen molar-refractivity contribution in [1.29, 1.82) is 0 Å². The Labute approximate surface area is 193 Å². The van der Waals surface area contributed by atoms with E-state index in [1.54, 1.807) is 36.4 Å². The molecule has 160 valence electrons. The van der Waals surface area contributed by atoms with Gasteiger partial charge in [0, 0.05) is 15.7 Å². The van der Waals surface area contributed by atoms with Gasteiger partial charge in [-0.3, -0.25) is 9.59 Å². The molecule has 7 heteroatoms. The molecule has 0 saturated heterocycles. The van der Waals surface area contributed by atoms with Crippen molar-refractivity contribution in [2.24, 2.45) is 0 Å². The molecule has 0 aliphatic heterocycles. The van der Waals surface area contributed by atoms with Gasteiger partial charge in [-0.15, -0.1) is 0 Å². The van der Waals surface area contributed by atoms with E-state index in [2.05, 4.69) is 26.6 Å². The number of anilines is 1. The van der Waals surface area contributed by atoms with Crippen molar-refractivity contribution < 1.29 is 19.5 Å². The van der Waals surface area contributed by atoms with Gasteiger partial charge in [0.1, 0.15) is 5.70 Å². The highest BCUT2D eigenvalue weighted by atomic mass is 79.9. The van der Waals surface area contributed by atoms with Gasteiger partial charge >= 0.3 is 5.97 Å². The van der Waals surface area contributed by atoms with Crippen LogP contribution in [0.5, 0.6) is 0 Å². The second-order valence-electron chi connectivity index (χ2n) is 6.65. The van der Waals surface area contributed by atoms with E-state index < -0.39 is 17.8 Å². The van der Waals surface area contributed by atoms with E-state index in [4.69, 9.17) is 5.11 Å². The highest BCUT2D eigenvalue weighted by molar-refractivity contribution is 9.10. The molecular formula is C25H19BrN2O4. The van der Waals surface area contributed by atoms with Crippen LogP contribution in [0.4, 0.5) is 5.69 Å². The molecule has 3 aromatic carbocycles. The Bertz CT molecular complexity index is 1190. The molecule has 0 radical (unpaired) electrons. The van der Waals surface area contributed by atoms with Gasteiger partial charge in [0.15, 0.2) is 0 Å². The number of hydrogen-bond donors (Lipinski definition) is 3. The summed E-state index contributed by atoms with van der Waals surface area (Å²) in [4.78, 5) is 36.5. The van der Waals surface area contributed by atoms with E-state index in [-0.39, 0.29) is 11.3 Å². The molecule has 3 N–H and O–H groups in total. The molecule has 0 saturated carbocycles. The van der Waals surface area contributed by atoms with E-state index in [1.165, 1.54) is 30.3 Å². The Morgan fingerprint density at radius 2 is 1.56 bits per heavy atom. The number of aromatic carboxylic acids is 1. The zero-order chi connectivity index (χ0) is 22.9. The van der Waals surface area contributed by atoms with Crippen molar-refractivity contribution in [1.82, 2.24) is 5.32 Å². The van der Waals surface area contributed by atoms with Crippen LogP contribution in [-0.2, 0) is 4.79 Å². The summed E-state index contributed by atoms with van der Waals surface area (Å²) in [5.41, 5.74) is 1.86. The predicted molar refractivity (Wildman–Crippen MR) is 127 cm³/mol. The summed E-state index contributed by atoms with van der Waals surface area (Å²) < 4.78 is 0.739. The summed E-state index contributed by atoms with van der Waals surface area (Å²) in [6, 6.07) is 22.1. The molecule has 3 rings (SSSR count). The van der Waals surface area contributed by atoms with E-state index in [0.29, 0.717) is 11.3 Å². The minimum atomic E-state index is -1.06. The molecule has 32 heavy (non-hydrogen) atoms. The zero-order valence-corrected chi connectivity index (χ0v) is 18.4. The molecule has 0 aromatic heterocycles. The molecule has 0 aliphatic carbocycles. The van der Waals surface area contributed by atoms with Gasteiger partial charge in [-0.1, -0.05) is 64.5 Å². The first kappa shape index (κ1) is 22.7. The molecule has 0 spiro atoms. The number of benzene rings is 3. The van der Waals surface area contributed by atoms with Gasteiger partial charge in [-0.2, -0.15) is 0 Å². The van der Waals surface area contributed by atoms with Crippen molar-refractivity contribution in [2.45, 2.75) is 0 Å². The standard InChI is InChI=1S/C25H19BrN2O4/c26-20-10-5-9-19(16-20)23(29)28-22(11-4-8-17-6-2-1-3-7-17)24(30)27-21-14-12-18(13-15-21)25(31)32/h1-16H,(H,27,30)(H,28,29)(H,31,32)/b8-4+,22-11+. The highest BCUT2D eigenvalue weighted by Crippen LogP contribution is 2.14. The van der Waals surface area contributed by atoms with Crippen molar-refractivity contribution in [2.75, 3.05) is 5.32 Å². The number of carbonyl (C=O) groups is 3.